The summed E-state index contributed by atoms with van der Waals surface area (Å²) in [6.45, 7) is 4.23. The fourth-order valence-electron chi connectivity index (χ4n) is 3.26. The minimum Gasteiger partial charge on any atom is -0.454 e. The van der Waals surface area contributed by atoms with E-state index >= 15 is 0 Å². The zero-order valence-corrected chi connectivity index (χ0v) is 16.8. The first-order valence-corrected chi connectivity index (χ1v) is 9.65. The van der Waals surface area contributed by atoms with Gasteiger partial charge in [0.05, 0.1) is 17.7 Å². The van der Waals surface area contributed by atoms with E-state index in [9.17, 15) is 9.59 Å². The molecule has 0 aliphatic carbocycles. The average Bonchev–Trinajstić information content (AvgIpc) is 3.19. The van der Waals surface area contributed by atoms with Gasteiger partial charge in [0.1, 0.15) is 0 Å². The predicted octanol–water partition coefficient (Wildman–Crippen LogP) is 4.47. The van der Waals surface area contributed by atoms with Gasteiger partial charge in [-0.2, -0.15) is 0 Å². The second-order valence-electron chi connectivity index (χ2n) is 7.21. The zero-order chi connectivity index (χ0) is 21.1. The molecule has 6 nitrogen and oxygen atoms in total. The monoisotopic (exact) mass is 402 g/mol. The maximum absolute atomic E-state index is 12.8. The molecule has 0 aromatic heterocycles. The zero-order valence-electron chi connectivity index (χ0n) is 16.8. The van der Waals surface area contributed by atoms with E-state index in [1.54, 1.807) is 42.5 Å². The van der Waals surface area contributed by atoms with Crippen LogP contribution in [0.4, 0.5) is 11.4 Å². The number of anilines is 2. The molecular formula is C24H22N2O4. The molecule has 0 radical (unpaired) electrons. The number of aryl methyl sites for hydroxylation is 2. The van der Waals surface area contributed by atoms with Crippen LogP contribution in [0, 0.1) is 13.8 Å². The molecule has 2 amide bonds. The van der Waals surface area contributed by atoms with E-state index in [1.807, 2.05) is 32.0 Å². The second-order valence-corrected chi connectivity index (χ2v) is 7.21. The van der Waals surface area contributed by atoms with E-state index in [1.165, 1.54) is 5.56 Å². The van der Waals surface area contributed by atoms with E-state index in [2.05, 4.69) is 10.6 Å². The molecule has 30 heavy (non-hydrogen) atoms. The van der Waals surface area contributed by atoms with Gasteiger partial charge < -0.3 is 20.1 Å². The van der Waals surface area contributed by atoms with Crippen LogP contribution in [0.3, 0.4) is 0 Å². The highest BCUT2D eigenvalue weighted by molar-refractivity contribution is 6.10. The Hall–Kier alpha value is -3.80. The number of carbonyl (C=O) groups is 2. The molecule has 2 N–H and O–H groups in total. The van der Waals surface area contributed by atoms with Gasteiger partial charge in [-0.05, 0) is 54.8 Å². The first-order chi connectivity index (χ1) is 14.5. The van der Waals surface area contributed by atoms with Crippen molar-refractivity contribution in [3.63, 3.8) is 0 Å². The van der Waals surface area contributed by atoms with Crippen molar-refractivity contribution >= 4 is 23.2 Å². The molecule has 0 spiro atoms. The molecule has 0 bridgehead atoms. The van der Waals surface area contributed by atoms with Crippen LogP contribution in [0.1, 0.15) is 27.0 Å². The molecule has 0 saturated carbocycles. The van der Waals surface area contributed by atoms with Crippen molar-refractivity contribution in [3.05, 3.63) is 82.9 Å². The number of hydrogen-bond acceptors (Lipinski definition) is 4. The molecule has 0 unspecified atom stereocenters. The highest BCUT2D eigenvalue weighted by Crippen LogP contribution is 2.34. The number of rotatable bonds is 5. The van der Waals surface area contributed by atoms with Gasteiger partial charge >= 0.3 is 0 Å². The normalized spacial score (nSPS) is 11.8. The summed E-state index contributed by atoms with van der Waals surface area (Å²) in [7, 11) is 0. The summed E-state index contributed by atoms with van der Waals surface area (Å²) in [5.74, 6) is 0.729. The van der Waals surface area contributed by atoms with Gasteiger partial charge in [0.15, 0.2) is 11.5 Å². The summed E-state index contributed by atoms with van der Waals surface area (Å²) < 4.78 is 10.6. The van der Waals surface area contributed by atoms with Gasteiger partial charge in [-0.3, -0.25) is 9.59 Å². The first kappa shape index (κ1) is 19.5. The highest BCUT2D eigenvalue weighted by Gasteiger charge is 2.17. The molecule has 4 rings (SSSR count). The van der Waals surface area contributed by atoms with Crippen LogP contribution in [0.25, 0.3) is 0 Å². The SMILES string of the molecule is Cc1ccc(CC(=O)Nc2ccccc2C(=O)Nc2ccc3c(c2)OCO3)cc1C. The number of amides is 2. The molecule has 6 heteroatoms. The minimum absolute atomic E-state index is 0.169. The van der Waals surface area contributed by atoms with E-state index in [0.717, 1.165) is 11.1 Å². The van der Waals surface area contributed by atoms with Crippen LogP contribution in [0.2, 0.25) is 0 Å². The highest BCUT2D eigenvalue weighted by atomic mass is 16.7. The lowest BCUT2D eigenvalue weighted by molar-refractivity contribution is -0.115. The third-order valence-electron chi connectivity index (χ3n) is 5.01. The second kappa shape index (κ2) is 8.29. The lowest BCUT2D eigenvalue weighted by Crippen LogP contribution is -2.19. The van der Waals surface area contributed by atoms with Gasteiger partial charge in [-0.1, -0.05) is 30.3 Å². The predicted molar refractivity (Wildman–Crippen MR) is 115 cm³/mol. The van der Waals surface area contributed by atoms with Crippen molar-refractivity contribution in [2.75, 3.05) is 17.4 Å². The van der Waals surface area contributed by atoms with Crippen molar-refractivity contribution in [3.8, 4) is 11.5 Å². The van der Waals surface area contributed by atoms with E-state index in [4.69, 9.17) is 9.47 Å². The molecule has 152 valence electrons. The first-order valence-electron chi connectivity index (χ1n) is 9.65. The van der Waals surface area contributed by atoms with Gasteiger partial charge in [0, 0.05) is 11.8 Å². The number of benzene rings is 3. The summed E-state index contributed by atoms with van der Waals surface area (Å²) in [5, 5.41) is 5.70. The van der Waals surface area contributed by atoms with Gasteiger partial charge in [-0.25, -0.2) is 0 Å². The van der Waals surface area contributed by atoms with Crippen LogP contribution in [0.5, 0.6) is 11.5 Å². The van der Waals surface area contributed by atoms with Crippen LogP contribution in [-0.2, 0) is 11.2 Å². The largest absolute Gasteiger partial charge is 0.454 e. The number of fused-ring (bicyclic) bond motifs is 1. The Kier molecular flexibility index (Phi) is 5.39. The molecule has 0 saturated heterocycles. The van der Waals surface area contributed by atoms with Crippen LogP contribution in [-0.4, -0.2) is 18.6 Å². The molecule has 3 aromatic carbocycles. The lowest BCUT2D eigenvalue weighted by Gasteiger charge is -2.12. The summed E-state index contributed by atoms with van der Waals surface area (Å²) in [6, 6.07) is 18.1. The van der Waals surface area contributed by atoms with Crippen LogP contribution >= 0.6 is 0 Å². The van der Waals surface area contributed by atoms with Crippen molar-refractivity contribution < 1.29 is 19.1 Å². The number of para-hydroxylation sites is 1. The standard InChI is InChI=1S/C24H22N2O4/c1-15-7-8-17(11-16(15)2)12-23(27)26-20-6-4-3-5-19(20)24(28)25-18-9-10-21-22(13-18)30-14-29-21/h3-11,13H,12,14H2,1-2H3,(H,25,28)(H,26,27). The quantitative estimate of drug-likeness (QED) is 0.660. The summed E-state index contributed by atoms with van der Waals surface area (Å²) >= 11 is 0. The molecule has 1 heterocycles. The third-order valence-corrected chi connectivity index (χ3v) is 5.01. The Bertz CT molecular complexity index is 1120. The maximum atomic E-state index is 12.8. The molecule has 1 aliphatic rings. The Morgan fingerprint density at radius 3 is 2.50 bits per heavy atom. The molecule has 3 aromatic rings. The smallest absolute Gasteiger partial charge is 0.257 e. The number of ether oxygens (including phenoxy) is 2. The number of hydrogen-bond donors (Lipinski definition) is 2. The van der Waals surface area contributed by atoms with E-state index < -0.39 is 0 Å². The van der Waals surface area contributed by atoms with Gasteiger partial charge in [0.2, 0.25) is 12.7 Å². The molecule has 1 aliphatic heterocycles. The van der Waals surface area contributed by atoms with Gasteiger partial charge in [0.25, 0.3) is 5.91 Å². The van der Waals surface area contributed by atoms with Crippen molar-refractivity contribution in [1.29, 1.82) is 0 Å². The Balaban J connectivity index is 1.47. The third kappa shape index (κ3) is 4.27. The lowest BCUT2D eigenvalue weighted by atomic mass is 10.0. The van der Waals surface area contributed by atoms with E-state index in [0.29, 0.717) is 28.4 Å². The number of carbonyl (C=O) groups excluding carboxylic acids is 2. The maximum Gasteiger partial charge on any atom is 0.257 e. The van der Waals surface area contributed by atoms with Crippen LogP contribution < -0.4 is 20.1 Å². The van der Waals surface area contributed by atoms with Crippen molar-refractivity contribution in [2.45, 2.75) is 20.3 Å². The number of nitrogens with one attached hydrogen (secondary N) is 2. The Labute approximate surface area is 174 Å². The summed E-state index contributed by atoms with van der Waals surface area (Å²) in [4.78, 5) is 25.4. The van der Waals surface area contributed by atoms with Crippen molar-refractivity contribution in [1.82, 2.24) is 0 Å². The van der Waals surface area contributed by atoms with Gasteiger partial charge in [-0.15, -0.1) is 0 Å². The molecule has 0 atom stereocenters. The van der Waals surface area contributed by atoms with Crippen LogP contribution in [0.15, 0.2) is 60.7 Å². The van der Waals surface area contributed by atoms with Crippen molar-refractivity contribution in [2.24, 2.45) is 0 Å². The van der Waals surface area contributed by atoms with E-state index in [-0.39, 0.29) is 25.0 Å². The minimum atomic E-state index is -0.323. The summed E-state index contributed by atoms with van der Waals surface area (Å²) in [6.07, 6.45) is 0.235. The fourth-order valence-corrected chi connectivity index (χ4v) is 3.26. The Morgan fingerprint density at radius 2 is 1.67 bits per heavy atom. The molecular weight excluding hydrogens is 380 g/mol. The average molecular weight is 402 g/mol. The topological polar surface area (TPSA) is 76.7 Å². The molecule has 0 fully saturated rings. The summed E-state index contributed by atoms with van der Waals surface area (Å²) in [5.41, 5.74) is 4.68. The fraction of sp³-hybridized carbons (Fsp3) is 0.167. The Morgan fingerprint density at radius 1 is 0.867 bits per heavy atom.